The minimum Gasteiger partial charge on any atom is -0.492 e. The van der Waals surface area contributed by atoms with Crippen molar-refractivity contribution in [2.75, 3.05) is 50.9 Å². The summed E-state index contributed by atoms with van der Waals surface area (Å²) in [5, 5.41) is 3.08. The summed E-state index contributed by atoms with van der Waals surface area (Å²) in [6.45, 7) is 9.13. The minimum absolute atomic E-state index is 0.0743. The topological polar surface area (TPSA) is 65.1 Å². The van der Waals surface area contributed by atoms with Crippen LogP contribution in [0.4, 0.5) is 5.69 Å². The molecule has 0 saturated carbocycles. The summed E-state index contributed by atoms with van der Waals surface area (Å²) >= 11 is 0. The van der Waals surface area contributed by atoms with E-state index in [0.29, 0.717) is 26.4 Å². The highest BCUT2D eigenvalue weighted by Crippen LogP contribution is 2.36. The van der Waals surface area contributed by atoms with Crippen molar-refractivity contribution < 1.29 is 14.3 Å². The summed E-state index contributed by atoms with van der Waals surface area (Å²) in [5.74, 6) is 1.11. The molecule has 0 bridgehead atoms. The lowest BCUT2D eigenvalue weighted by atomic mass is 9.85. The standard InChI is InChI=1S/C33H40N4O3/c1-3-36(4-2)31(38)27-16-14-26(15-17-27)24-28-10-8-9-13-30(28)40-23-22-35-20-18-33(19-21-35)32(39)34-25-37(33)29-11-6-5-7-12-29/h5-17H,3-4,18-25H2,1-2H3,(H,34,39). The van der Waals surface area contributed by atoms with E-state index in [1.807, 2.05) is 79.4 Å². The molecule has 0 aliphatic carbocycles. The number of carbonyl (C=O) groups excluding carboxylic acids is 2. The number of anilines is 1. The Morgan fingerprint density at radius 2 is 1.60 bits per heavy atom. The van der Waals surface area contributed by atoms with E-state index >= 15 is 0 Å². The molecule has 2 amide bonds. The number of carbonyl (C=O) groups is 2. The van der Waals surface area contributed by atoms with Gasteiger partial charge < -0.3 is 19.9 Å². The Labute approximate surface area is 237 Å². The average Bonchev–Trinajstić information content (AvgIpc) is 3.31. The van der Waals surface area contributed by atoms with Gasteiger partial charge in [0.25, 0.3) is 5.91 Å². The Hall–Kier alpha value is -3.84. The molecule has 5 rings (SSSR count). The number of rotatable bonds is 10. The third kappa shape index (κ3) is 5.85. The van der Waals surface area contributed by atoms with Gasteiger partial charge in [0, 0.05) is 50.4 Å². The van der Waals surface area contributed by atoms with Crippen molar-refractivity contribution in [2.45, 2.75) is 38.6 Å². The van der Waals surface area contributed by atoms with Gasteiger partial charge in [-0.2, -0.15) is 0 Å². The predicted octanol–water partition coefficient (Wildman–Crippen LogP) is 4.57. The van der Waals surface area contributed by atoms with E-state index in [0.717, 1.165) is 67.0 Å². The summed E-state index contributed by atoms with van der Waals surface area (Å²) in [7, 11) is 0. The number of hydrogen-bond acceptors (Lipinski definition) is 5. The second-order valence-corrected chi connectivity index (χ2v) is 10.6. The SMILES string of the molecule is CCN(CC)C(=O)c1ccc(Cc2ccccc2OCCN2CCC3(CC2)C(=O)NCN3c2ccccc2)cc1. The minimum atomic E-state index is -0.461. The van der Waals surface area contributed by atoms with Crippen LogP contribution in [0.5, 0.6) is 5.75 Å². The first kappa shape index (κ1) is 27.7. The molecule has 0 atom stereocenters. The summed E-state index contributed by atoms with van der Waals surface area (Å²) < 4.78 is 6.27. The van der Waals surface area contributed by atoms with E-state index in [1.165, 1.54) is 0 Å². The van der Waals surface area contributed by atoms with Crippen LogP contribution >= 0.6 is 0 Å². The first-order chi connectivity index (χ1) is 19.5. The molecular formula is C33H40N4O3. The van der Waals surface area contributed by atoms with Crippen LogP contribution in [-0.2, 0) is 11.2 Å². The fourth-order valence-corrected chi connectivity index (χ4v) is 5.93. The van der Waals surface area contributed by atoms with E-state index in [2.05, 4.69) is 33.3 Å². The molecule has 2 aliphatic heterocycles. The van der Waals surface area contributed by atoms with Crippen molar-refractivity contribution in [1.82, 2.24) is 15.1 Å². The van der Waals surface area contributed by atoms with Crippen molar-refractivity contribution >= 4 is 17.5 Å². The summed E-state index contributed by atoms with van der Waals surface area (Å²) in [6, 6.07) is 26.3. The molecule has 0 aromatic heterocycles. The lowest BCUT2D eigenvalue weighted by molar-refractivity contribution is -0.125. The molecular weight excluding hydrogens is 500 g/mol. The average molecular weight is 541 g/mol. The van der Waals surface area contributed by atoms with Gasteiger partial charge in [0.05, 0.1) is 6.67 Å². The maximum Gasteiger partial charge on any atom is 0.253 e. The van der Waals surface area contributed by atoms with Crippen LogP contribution in [0.3, 0.4) is 0 Å². The number of hydrogen-bond donors (Lipinski definition) is 1. The molecule has 7 heteroatoms. The van der Waals surface area contributed by atoms with Crippen molar-refractivity contribution in [3.63, 3.8) is 0 Å². The van der Waals surface area contributed by atoms with Gasteiger partial charge in [-0.25, -0.2) is 0 Å². The maximum absolute atomic E-state index is 12.9. The molecule has 2 heterocycles. The van der Waals surface area contributed by atoms with E-state index < -0.39 is 5.54 Å². The molecule has 2 saturated heterocycles. The van der Waals surface area contributed by atoms with Crippen molar-refractivity contribution in [3.8, 4) is 5.75 Å². The Kier molecular flexibility index (Phi) is 8.70. The molecule has 7 nitrogen and oxygen atoms in total. The molecule has 40 heavy (non-hydrogen) atoms. The molecule has 1 N–H and O–H groups in total. The summed E-state index contributed by atoms with van der Waals surface area (Å²) in [4.78, 5) is 32.0. The van der Waals surface area contributed by atoms with Crippen LogP contribution in [0.1, 0.15) is 48.2 Å². The van der Waals surface area contributed by atoms with Gasteiger partial charge in [0.15, 0.2) is 0 Å². The number of para-hydroxylation sites is 2. The number of likely N-dealkylation sites (tertiary alicyclic amines) is 1. The van der Waals surface area contributed by atoms with Crippen LogP contribution in [0.25, 0.3) is 0 Å². The first-order valence-corrected chi connectivity index (χ1v) is 14.5. The molecule has 0 unspecified atom stereocenters. The van der Waals surface area contributed by atoms with Crippen molar-refractivity contribution in [2.24, 2.45) is 0 Å². The van der Waals surface area contributed by atoms with Crippen molar-refractivity contribution in [3.05, 3.63) is 95.6 Å². The molecule has 2 fully saturated rings. The van der Waals surface area contributed by atoms with Gasteiger partial charge in [-0.3, -0.25) is 14.5 Å². The zero-order valence-electron chi connectivity index (χ0n) is 23.6. The predicted molar refractivity (Wildman–Crippen MR) is 159 cm³/mol. The lowest BCUT2D eigenvalue weighted by Crippen LogP contribution is -2.56. The molecule has 2 aliphatic rings. The Balaban J connectivity index is 1.14. The number of nitrogens with zero attached hydrogens (tertiary/aromatic N) is 3. The number of benzene rings is 3. The third-order valence-electron chi connectivity index (χ3n) is 8.37. The summed E-state index contributed by atoms with van der Waals surface area (Å²) in [5.41, 5.74) is 3.63. The zero-order valence-corrected chi connectivity index (χ0v) is 23.6. The molecule has 210 valence electrons. The second kappa shape index (κ2) is 12.6. The van der Waals surface area contributed by atoms with Crippen LogP contribution in [0.15, 0.2) is 78.9 Å². The highest BCUT2D eigenvalue weighted by Gasteiger charge is 2.50. The van der Waals surface area contributed by atoms with Crippen LogP contribution in [-0.4, -0.2) is 73.2 Å². The zero-order chi connectivity index (χ0) is 28.0. The fourth-order valence-electron chi connectivity index (χ4n) is 5.93. The number of amides is 2. The van der Waals surface area contributed by atoms with E-state index in [4.69, 9.17) is 4.74 Å². The Morgan fingerprint density at radius 3 is 2.30 bits per heavy atom. The molecule has 3 aromatic rings. The van der Waals surface area contributed by atoms with Gasteiger partial charge in [0.1, 0.15) is 17.9 Å². The fraction of sp³-hybridized carbons (Fsp3) is 0.394. The maximum atomic E-state index is 12.9. The molecule has 3 aromatic carbocycles. The van der Waals surface area contributed by atoms with Crippen LogP contribution in [0.2, 0.25) is 0 Å². The quantitative estimate of drug-likeness (QED) is 0.408. The van der Waals surface area contributed by atoms with Gasteiger partial charge in [-0.05, 0) is 68.1 Å². The Morgan fingerprint density at radius 1 is 0.925 bits per heavy atom. The summed E-state index contributed by atoms with van der Waals surface area (Å²) in [6.07, 6.45) is 2.35. The second-order valence-electron chi connectivity index (χ2n) is 10.6. The van der Waals surface area contributed by atoms with Gasteiger partial charge in [-0.15, -0.1) is 0 Å². The largest absolute Gasteiger partial charge is 0.492 e. The normalized spacial score (nSPS) is 16.6. The van der Waals surface area contributed by atoms with Crippen LogP contribution in [0, 0.1) is 0 Å². The monoisotopic (exact) mass is 540 g/mol. The number of ether oxygens (including phenoxy) is 1. The van der Waals surface area contributed by atoms with Crippen LogP contribution < -0.4 is 15.0 Å². The van der Waals surface area contributed by atoms with Gasteiger partial charge in [-0.1, -0.05) is 48.5 Å². The number of piperidine rings is 1. The molecule has 1 spiro atoms. The molecule has 0 radical (unpaired) electrons. The highest BCUT2D eigenvalue weighted by atomic mass is 16.5. The smallest absolute Gasteiger partial charge is 0.253 e. The first-order valence-electron chi connectivity index (χ1n) is 14.5. The van der Waals surface area contributed by atoms with E-state index in [9.17, 15) is 9.59 Å². The van der Waals surface area contributed by atoms with Gasteiger partial charge in [0.2, 0.25) is 5.91 Å². The Bertz CT molecular complexity index is 1280. The van der Waals surface area contributed by atoms with E-state index in [1.54, 1.807) is 0 Å². The van der Waals surface area contributed by atoms with E-state index in [-0.39, 0.29) is 11.8 Å². The van der Waals surface area contributed by atoms with Crippen molar-refractivity contribution in [1.29, 1.82) is 0 Å². The third-order valence-corrected chi connectivity index (χ3v) is 8.37. The number of nitrogens with one attached hydrogen (secondary N) is 1. The van der Waals surface area contributed by atoms with Gasteiger partial charge >= 0.3 is 0 Å². The lowest BCUT2D eigenvalue weighted by Gasteiger charge is -2.43. The highest BCUT2D eigenvalue weighted by molar-refractivity contribution is 5.94.